The molecule has 2 aromatic carbocycles. The second kappa shape index (κ2) is 9.27. The molecule has 7 heteroatoms. The summed E-state index contributed by atoms with van der Waals surface area (Å²) in [5.74, 6) is 1.62. The van der Waals surface area contributed by atoms with Crippen molar-refractivity contribution in [1.29, 1.82) is 0 Å². The fourth-order valence-electron chi connectivity index (χ4n) is 4.80. The Labute approximate surface area is 198 Å². The van der Waals surface area contributed by atoms with E-state index in [9.17, 15) is 9.90 Å². The van der Waals surface area contributed by atoms with Crippen LogP contribution < -0.4 is 11.1 Å². The molecule has 2 heterocycles. The first-order valence-corrected chi connectivity index (χ1v) is 11.7. The minimum absolute atomic E-state index is 0.0802. The van der Waals surface area contributed by atoms with Crippen LogP contribution in [0, 0.1) is 6.92 Å². The quantitative estimate of drug-likeness (QED) is 0.418. The average Bonchev–Trinajstić information content (AvgIpc) is 3.25. The zero-order valence-corrected chi connectivity index (χ0v) is 19.2. The molecule has 1 fully saturated rings. The molecule has 0 atom stereocenters. The summed E-state index contributed by atoms with van der Waals surface area (Å²) in [5.41, 5.74) is 11.5. The molecule has 4 N–H and O–H groups in total. The Morgan fingerprint density at radius 1 is 1.12 bits per heavy atom. The first-order valence-electron chi connectivity index (χ1n) is 11.7. The van der Waals surface area contributed by atoms with Gasteiger partial charge in [-0.15, -0.1) is 0 Å². The highest BCUT2D eigenvalue weighted by Gasteiger charge is 2.26. The Hall–Kier alpha value is -3.71. The molecular weight excluding hydrogens is 426 g/mol. The van der Waals surface area contributed by atoms with E-state index in [4.69, 9.17) is 10.7 Å². The second-order valence-electron chi connectivity index (χ2n) is 9.05. The molecule has 0 spiro atoms. The van der Waals surface area contributed by atoms with Crippen molar-refractivity contribution in [2.24, 2.45) is 0 Å². The number of nitrogens with one attached hydrogen (secondary N) is 1. The third-order valence-electron chi connectivity index (χ3n) is 6.74. The number of aromatic nitrogens is 3. The van der Waals surface area contributed by atoms with Crippen LogP contribution in [0.1, 0.15) is 58.9 Å². The number of nitrogen functional groups attached to an aromatic ring is 1. The number of aryl methyl sites for hydroxylation is 1. The molecule has 1 aliphatic carbocycles. The van der Waals surface area contributed by atoms with E-state index >= 15 is 0 Å². The van der Waals surface area contributed by atoms with Gasteiger partial charge in [0.25, 0.3) is 5.91 Å². The van der Waals surface area contributed by atoms with Crippen molar-refractivity contribution >= 4 is 17.2 Å². The van der Waals surface area contributed by atoms with Gasteiger partial charge in [0.05, 0.1) is 6.10 Å². The number of nitrogens with two attached hydrogens (primary N) is 1. The number of aliphatic hydroxyl groups is 1. The topological polar surface area (TPSA) is 106 Å². The number of hydrogen-bond donors (Lipinski definition) is 3. The lowest BCUT2D eigenvalue weighted by atomic mass is 9.87. The maximum atomic E-state index is 12.5. The van der Waals surface area contributed by atoms with Gasteiger partial charge in [-0.25, -0.2) is 9.97 Å². The Balaban J connectivity index is 1.39. The van der Waals surface area contributed by atoms with Gasteiger partial charge in [0.1, 0.15) is 22.9 Å². The van der Waals surface area contributed by atoms with Gasteiger partial charge in [-0.1, -0.05) is 42.5 Å². The molecule has 1 amide bonds. The third kappa shape index (κ3) is 4.26. The van der Waals surface area contributed by atoms with E-state index in [-0.39, 0.29) is 17.9 Å². The van der Waals surface area contributed by atoms with Crippen LogP contribution in [0.4, 0.5) is 5.82 Å². The average molecular weight is 456 g/mol. The lowest BCUT2D eigenvalue weighted by Crippen LogP contribution is -2.23. The van der Waals surface area contributed by atoms with E-state index in [1.807, 2.05) is 61.7 Å². The number of imidazole rings is 1. The van der Waals surface area contributed by atoms with Crippen molar-refractivity contribution < 1.29 is 9.90 Å². The number of aliphatic hydroxyl groups excluding tert-OH is 1. The molecule has 0 saturated heterocycles. The first kappa shape index (κ1) is 22.1. The summed E-state index contributed by atoms with van der Waals surface area (Å²) in [6.45, 7) is 2.37. The molecule has 34 heavy (non-hydrogen) atoms. The number of benzene rings is 2. The van der Waals surface area contributed by atoms with E-state index in [1.54, 1.807) is 6.20 Å². The van der Waals surface area contributed by atoms with Gasteiger partial charge in [-0.2, -0.15) is 0 Å². The highest BCUT2D eigenvalue weighted by molar-refractivity contribution is 5.95. The monoisotopic (exact) mass is 455 g/mol. The van der Waals surface area contributed by atoms with E-state index in [1.165, 1.54) is 0 Å². The van der Waals surface area contributed by atoms with Crippen molar-refractivity contribution in [3.8, 4) is 11.3 Å². The maximum Gasteiger partial charge on any atom is 0.251 e. The van der Waals surface area contributed by atoms with Gasteiger partial charge in [0.2, 0.25) is 0 Å². The molecule has 0 bridgehead atoms. The summed E-state index contributed by atoms with van der Waals surface area (Å²) in [4.78, 5) is 21.8. The van der Waals surface area contributed by atoms with Crippen molar-refractivity contribution in [3.05, 3.63) is 83.4 Å². The molecule has 1 aliphatic rings. The third-order valence-corrected chi connectivity index (χ3v) is 6.74. The van der Waals surface area contributed by atoms with Gasteiger partial charge >= 0.3 is 0 Å². The number of carbonyl (C=O) groups is 1. The molecule has 5 rings (SSSR count). The first-order chi connectivity index (χ1) is 16.5. The highest BCUT2D eigenvalue weighted by Crippen LogP contribution is 2.36. The zero-order valence-electron chi connectivity index (χ0n) is 19.2. The SMILES string of the molecule is Cc1ccccc1C(=O)NCc1ccc(-c2nc(C3CCC(O)CC3)n3ccnc(N)c23)cc1. The minimum Gasteiger partial charge on any atom is -0.393 e. The van der Waals surface area contributed by atoms with Gasteiger partial charge in [0.15, 0.2) is 0 Å². The summed E-state index contributed by atoms with van der Waals surface area (Å²) in [5, 5.41) is 12.9. The number of hydrogen-bond acceptors (Lipinski definition) is 5. The molecular formula is C27H29N5O2. The smallest absolute Gasteiger partial charge is 0.251 e. The highest BCUT2D eigenvalue weighted by atomic mass is 16.3. The summed E-state index contributed by atoms with van der Waals surface area (Å²) >= 11 is 0. The van der Waals surface area contributed by atoms with E-state index in [0.717, 1.165) is 59.4 Å². The van der Waals surface area contributed by atoms with Crippen molar-refractivity contribution in [3.63, 3.8) is 0 Å². The van der Waals surface area contributed by atoms with Crippen LogP contribution in [-0.2, 0) is 6.54 Å². The normalized spacial score (nSPS) is 18.2. The number of rotatable bonds is 5. The van der Waals surface area contributed by atoms with Crippen molar-refractivity contribution in [2.45, 2.75) is 51.2 Å². The van der Waals surface area contributed by atoms with Gasteiger partial charge in [0, 0.05) is 36.0 Å². The minimum atomic E-state index is -0.215. The van der Waals surface area contributed by atoms with Gasteiger partial charge in [-0.05, 0) is 49.8 Å². The van der Waals surface area contributed by atoms with Crippen LogP contribution >= 0.6 is 0 Å². The fourth-order valence-corrected chi connectivity index (χ4v) is 4.80. The Morgan fingerprint density at radius 3 is 2.59 bits per heavy atom. The Kier molecular flexibility index (Phi) is 6.02. The molecule has 0 aliphatic heterocycles. The number of fused-ring (bicyclic) bond motifs is 1. The molecule has 0 radical (unpaired) electrons. The van der Waals surface area contributed by atoms with Gasteiger partial charge < -0.3 is 16.2 Å². The van der Waals surface area contributed by atoms with Gasteiger partial charge in [-0.3, -0.25) is 9.20 Å². The van der Waals surface area contributed by atoms with Crippen LogP contribution in [0.2, 0.25) is 0 Å². The summed E-state index contributed by atoms with van der Waals surface area (Å²) in [6.07, 6.45) is 6.79. The number of nitrogens with zero attached hydrogens (tertiary/aromatic N) is 3. The number of anilines is 1. The van der Waals surface area contributed by atoms with Crippen LogP contribution in [0.5, 0.6) is 0 Å². The van der Waals surface area contributed by atoms with Crippen LogP contribution in [0.3, 0.4) is 0 Å². The van der Waals surface area contributed by atoms with Crippen molar-refractivity contribution in [2.75, 3.05) is 5.73 Å². The standard InChI is InChI=1S/C27H29N5O2/c1-17-4-2-3-5-22(17)27(34)30-16-18-6-8-19(9-7-18)23-24-25(28)29-14-15-32(24)26(31-23)20-10-12-21(33)13-11-20/h2-9,14-15,20-21,33H,10-13,16H2,1H3,(H2,28,29)(H,30,34). The maximum absolute atomic E-state index is 12.5. The lowest BCUT2D eigenvalue weighted by Gasteiger charge is -2.24. The molecule has 2 aromatic heterocycles. The van der Waals surface area contributed by atoms with E-state index in [2.05, 4.69) is 14.7 Å². The number of carbonyl (C=O) groups excluding carboxylic acids is 1. The van der Waals surface area contributed by atoms with E-state index in [0.29, 0.717) is 17.9 Å². The van der Waals surface area contributed by atoms with E-state index < -0.39 is 0 Å². The number of amides is 1. The Morgan fingerprint density at radius 2 is 1.85 bits per heavy atom. The summed E-state index contributed by atoms with van der Waals surface area (Å²) < 4.78 is 2.05. The molecule has 4 aromatic rings. The van der Waals surface area contributed by atoms with Crippen LogP contribution in [0.15, 0.2) is 60.9 Å². The van der Waals surface area contributed by atoms with Crippen LogP contribution in [0.25, 0.3) is 16.8 Å². The molecule has 7 nitrogen and oxygen atoms in total. The van der Waals surface area contributed by atoms with Crippen LogP contribution in [-0.4, -0.2) is 31.5 Å². The Bertz CT molecular complexity index is 1320. The zero-order chi connectivity index (χ0) is 23.7. The largest absolute Gasteiger partial charge is 0.393 e. The second-order valence-corrected chi connectivity index (χ2v) is 9.05. The summed E-state index contributed by atoms with van der Waals surface area (Å²) in [7, 11) is 0. The fraction of sp³-hybridized carbons (Fsp3) is 0.296. The molecule has 174 valence electrons. The molecule has 1 saturated carbocycles. The summed E-state index contributed by atoms with van der Waals surface area (Å²) in [6, 6.07) is 15.6. The van der Waals surface area contributed by atoms with Crippen molar-refractivity contribution in [1.82, 2.24) is 19.7 Å². The predicted molar refractivity (Wildman–Crippen MR) is 132 cm³/mol. The molecule has 0 unspecified atom stereocenters. The predicted octanol–water partition coefficient (Wildman–Crippen LogP) is 4.24. The lowest BCUT2D eigenvalue weighted by molar-refractivity contribution is 0.0950.